The summed E-state index contributed by atoms with van der Waals surface area (Å²) in [7, 11) is 3.39. The highest BCUT2D eigenvalue weighted by Gasteiger charge is 2.12. The molecule has 0 radical (unpaired) electrons. The zero-order valence-corrected chi connectivity index (χ0v) is 11.4. The third-order valence-electron chi connectivity index (χ3n) is 2.33. The van der Waals surface area contributed by atoms with Crippen LogP contribution < -0.4 is 11.5 Å². The first-order chi connectivity index (χ1) is 8.97. The molecule has 2 heterocycles. The molecule has 2 aromatic heterocycles. The van der Waals surface area contributed by atoms with Crippen LogP contribution in [0, 0.1) is 0 Å². The molecule has 0 spiro atoms. The summed E-state index contributed by atoms with van der Waals surface area (Å²) in [6.45, 7) is 0. The minimum Gasteiger partial charge on any atom is -0.370 e. The van der Waals surface area contributed by atoms with Crippen LogP contribution in [-0.4, -0.2) is 40.8 Å². The monoisotopic (exact) mass is 278 g/mol. The average molecular weight is 278 g/mol. The van der Waals surface area contributed by atoms with Crippen molar-refractivity contribution in [2.75, 3.05) is 14.1 Å². The average Bonchev–Trinajstić information content (AvgIpc) is 2.94. The van der Waals surface area contributed by atoms with E-state index in [1.165, 1.54) is 16.2 Å². The Kier molecular flexibility index (Phi) is 3.52. The van der Waals surface area contributed by atoms with Gasteiger partial charge < -0.3 is 21.4 Å². The lowest BCUT2D eigenvalue weighted by atomic mass is 10.2. The molecule has 1 amide bonds. The van der Waals surface area contributed by atoms with E-state index in [0.717, 1.165) is 11.3 Å². The lowest BCUT2D eigenvalue weighted by Gasteiger charge is -2.07. The fourth-order valence-corrected chi connectivity index (χ4v) is 2.18. The zero-order chi connectivity index (χ0) is 14.0. The van der Waals surface area contributed by atoms with Crippen molar-refractivity contribution in [3.05, 3.63) is 23.3 Å². The Hall–Kier alpha value is -2.35. The van der Waals surface area contributed by atoms with Crippen molar-refractivity contribution in [2.24, 2.45) is 16.5 Å². The van der Waals surface area contributed by atoms with Crippen molar-refractivity contribution < 1.29 is 4.79 Å². The quantitative estimate of drug-likeness (QED) is 0.567. The number of aliphatic imine (C=N–C) groups is 1. The number of nitrogens with zero attached hydrogens (tertiary/aromatic N) is 3. The molecule has 0 unspecified atom stereocenters. The topological polar surface area (TPSA) is 113 Å². The Labute approximate surface area is 114 Å². The van der Waals surface area contributed by atoms with Crippen LogP contribution in [0.3, 0.4) is 0 Å². The van der Waals surface area contributed by atoms with E-state index in [1.807, 2.05) is 5.38 Å². The van der Waals surface area contributed by atoms with Crippen molar-refractivity contribution in [1.29, 1.82) is 0 Å². The highest BCUT2D eigenvalue weighted by molar-refractivity contribution is 7.13. The van der Waals surface area contributed by atoms with E-state index in [2.05, 4.69) is 15.0 Å². The highest BCUT2D eigenvalue weighted by Crippen LogP contribution is 2.27. The third-order valence-corrected chi connectivity index (χ3v) is 3.07. The first kappa shape index (κ1) is 13.1. The molecule has 0 aromatic carbocycles. The molecule has 19 heavy (non-hydrogen) atoms. The van der Waals surface area contributed by atoms with E-state index in [4.69, 9.17) is 11.5 Å². The Morgan fingerprint density at radius 2 is 2.21 bits per heavy atom. The van der Waals surface area contributed by atoms with E-state index < -0.39 is 0 Å². The number of aromatic nitrogens is 2. The maximum atomic E-state index is 11.8. The van der Waals surface area contributed by atoms with E-state index in [9.17, 15) is 4.79 Å². The standard InChI is InChI=1S/C11H14N6OS/c1-17(2)9(18)7-3-6(4-14-7)8-5-19-11(15-8)16-10(12)13/h3-5,14H,1-2H3,(H4,12,13,15,16). The molecule has 8 heteroatoms. The molecular weight excluding hydrogens is 264 g/mol. The minimum atomic E-state index is -0.0917. The molecule has 2 rings (SSSR count). The van der Waals surface area contributed by atoms with Crippen molar-refractivity contribution >= 4 is 28.3 Å². The number of nitrogens with one attached hydrogen (secondary N) is 1. The zero-order valence-electron chi connectivity index (χ0n) is 10.5. The van der Waals surface area contributed by atoms with Crippen LogP contribution in [0.2, 0.25) is 0 Å². The number of rotatable bonds is 3. The Bertz CT molecular complexity index is 623. The number of hydrogen-bond donors (Lipinski definition) is 3. The molecule has 5 N–H and O–H groups in total. The van der Waals surface area contributed by atoms with Gasteiger partial charge in [0.05, 0.1) is 5.69 Å². The molecular formula is C11H14N6OS. The molecule has 0 aliphatic rings. The lowest BCUT2D eigenvalue weighted by Crippen LogP contribution is -2.21. The molecule has 0 saturated carbocycles. The van der Waals surface area contributed by atoms with Gasteiger partial charge in [-0.05, 0) is 6.07 Å². The third kappa shape index (κ3) is 2.91. The molecule has 100 valence electrons. The molecule has 0 aliphatic carbocycles. The SMILES string of the molecule is CN(C)C(=O)c1cc(-c2csc(N=C(N)N)n2)c[nH]1. The number of hydrogen-bond acceptors (Lipinski definition) is 4. The largest absolute Gasteiger partial charge is 0.370 e. The summed E-state index contributed by atoms with van der Waals surface area (Å²) >= 11 is 1.33. The fourth-order valence-electron chi connectivity index (χ4n) is 1.47. The number of nitrogens with two attached hydrogens (primary N) is 2. The molecule has 7 nitrogen and oxygen atoms in total. The van der Waals surface area contributed by atoms with Gasteiger partial charge in [0, 0.05) is 31.2 Å². The molecule has 0 atom stereocenters. The van der Waals surface area contributed by atoms with Gasteiger partial charge in [-0.1, -0.05) is 0 Å². The molecule has 0 fully saturated rings. The van der Waals surface area contributed by atoms with E-state index in [0.29, 0.717) is 10.8 Å². The number of guanidine groups is 1. The molecule has 0 aliphatic heterocycles. The van der Waals surface area contributed by atoms with Crippen LogP contribution in [0.4, 0.5) is 5.13 Å². The maximum Gasteiger partial charge on any atom is 0.269 e. The van der Waals surface area contributed by atoms with Gasteiger partial charge in [0.15, 0.2) is 5.96 Å². The van der Waals surface area contributed by atoms with Crippen LogP contribution >= 0.6 is 11.3 Å². The normalized spacial score (nSPS) is 10.2. The van der Waals surface area contributed by atoms with Gasteiger partial charge in [-0.25, -0.2) is 4.98 Å². The number of thiazole rings is 1. The van der Waals surface area contributed by atoms with E-state index >= 15 is 0 Å². The number of aromatic amines is 1. The lowest BCUT2D eigenvalue weighted by molar-refractivity contribution is 0.0822. The van der Waals surface area contributed by atoms with Gasteiger partial charge in [-0.15, -0.1) is 11.3 Å². The predicted molar refractivity (Wildman–Crippen MR) is 75.4 cm³/mol. The summed E-state index contributed by atoms with van der Waals surface area (Å²) in [6.07, 6.45) is 1.73. The Morgan fingerprint density at radius 1 is 1.47 bits per heavy atom. The van der Waals surface area contributed by atoms with Gasteiger partial charge in [0.25, 0.3) is 5.91 Å². The summed E-state index contributed by atoms with van der Waals surface area (Å²) in [4.78, 5) is 24.3. The first-order valence-electron chi connectivity index (χ1n) is 5.43. The fraction of sp³-hybridized carbons (Fsp3) is 0.182. The Morgan fingerprint density at radius 3 is 2.84 bits per heavy atom. The predicted octanol–water partition coefficient (Wildman–Crippen LogP) is 0.745. The van der Waals surface area contributed by atoms with Crippen LogP contribution in [0.5, 0.6) is 0 Å². The molecule has 0 saturated heterocycles. The van der Waals surface area contributed by atoms with Crippen LogP contribution in [0.1, 0.15) is 10.5 Å². The van der Waals surface area contributed by atoms with Crippen molar-refractivity contribution in [1.82, 2.24) is 14.9 Å². The van der Waals surface area contributed by atoms with E-state index in [1.54, 1.807) is 26.4 Å². The summed E-state index contributed by atoms with van der Waals surface area (Å²) < 4.78 is 0. The molecule has 2 aromatic rings. The second-order valence-corrected chi connectivity index (χ2v) is 4.89. The minimum absolute atomic E-state index is 0.0292. The molecule has 0 bridgehead atoms. The van der Waals surface area contributed by atoms with Crippen molar-refractivity contribution in [3.8, 4) is 11.3 Å². The highest BCUT2D eigenvalue weighted by atomic mass is 32.1. The van der Waals surface area contributed by atoms with E-state index in [-0.39, 0.29) is 11.9 Å². The van der Waals surface area contributed by atoms with Gasteiger partial charge in [-0.2, -0.15) is 4.99 Å². The summed E-state index contributed by atoms with van der Waals surface area (Å²) in [5, 5.41) is 2.31. The second-order valence-electron chi connectivity index (χ2n) is 4.05. The van der Waals surface area contributed by atoms with Crippen molar-refractivity contribution in [3.63, 3.8) is 0 Å². The van der Waals surface area contributed by atoms with Crippen LogP contribution in [-0.2, 0) is 0 Å². The number of carbonyl (C=O) groups excluding carboxylic acids is 1. The van der Waals surface area contributed by atoms with Gasteiger partial charge in [0.1, 0.15) is 5.69 Å². The first-order valence-corrected chi connectivity index (χ1v) is 6.31. The second kappa shape index (κ2) is 5.11. The van der Waals surface area contributed by atoms with Gasteiger partial charge >= 0.3 is 0 Å². The summed E-state index contributed by atoms with van der Waals surface area (Å²) in [5.41, 5.74) is 12.6. The van der Waals surface area contributed by atoms with Gasteiger partial charge in [-0.3, -0.25) is 4.79 Å². The Balaban J connectivity index is 2.26. The number of carbonyl (C=O) groups is 1. The van der Waals surface area contributed by atoms with Gasteiger partial charge in [0.2, 0.25) is 5.13 Å². The smallest absolute Gasteiger partial charge is 0.269 e. The summed E-state index contributed by atoms with van der Waals surface area (Å²) in [6, 6.07) is 1.75. The van der Waals surface area contributed by atoms with Crippen LogP contribution in [0.15, 0.2) is 22.6 Å². The number of H-pyrrole nitrogens is 1. The maximum absolute atomic E-state index is 11.8. The van der Waals surface area contributed by atoms with Crippen molar-refractivity contribution in [2.45, 2.75) is 0 Å². The number of amides is 1. The summed E-state index contributed by atoms with van der Waals surface area (Å²) in [5.74, 6) is -0.121. The van der Waals surface area contributed by atoms with Crippen LogP contribution in [0.25, 0.3) is 11.3 Å².